The largest absolute Gasteiger partial charge is 0.472 e. The minimum atomic E-state index is 0.102. The van der Waals surface area contributed by atoms with E-state index in [0.717, 1.165) is 64.5 Å². The van der Waals surface area contributed by atoms with Crippen molar-refractivity contribution in [2.24, 2.45) is 0 Å². The van der Waals surface area contributed by atoms with Crippen molar-refractivity contribution in [3.63, 3.8) is 0 Å². The Kier molecular flexibility index (Phi) is 6.38. The molecule has 1 fully saturated rings. The molecule has 1 atom stereocenters. The number of fused-ring (bicyclic) bond motifs is 1. The highest BCUT2D eigenvalue weighted by molar-refractivity contribution is 7.10. The molecule has 0 amide bonds. The summed E-state index contributed by atoms with van der Waals surface area (Å²) in [6.45, 7) is 6.08. The van der Waals surface area contributed by atoms with Crippen molar-refractivity contribution in [3.8, 4) is 17.1 Å². The van der Waals surface area contributed by atoms with Gasteiger partial charge in [-0.2, -0.15) is 14.0 Å². The summed E-state index contributed by atoms with van der Waals surface area (Å²) in [5.41, 5.74) is 4.64. The summed E-state index contributed by atoms with van der Waals surface area (Å²) < 4.78 is 11.5. The first-order valence-corrected chi connectivity index (χ1v) is 11.5. The Balaban J connectivity index is 0.00000112. The quantitative estimate of drug-likeness (QED) is 0.400. The van der Waals surface area contributed by atoms with Gasteiger partial charge in [0.25, 0.3) is 6.71 Å². The molecule has 1 N–H and O–H groups in total. The van der Waals surface area contributed by atoms with Crippen LogP contribution < -0.4 is 5.32 Å². The molecule has 1 aliphatic heterocycles. The maximum Gasteiger partial charge on any atom is 0.268 e. The second-order valence-corrected chi connectivity index (χ2v) is 8.32. The average molecular weight is 432 g/mol. The van der Waals surface area contributed by atoms with E-state index in [0.29, 0.717) is 0 Å². The number of anilines is 2. The first kappa shape index (κ1) is 21.1. The van der Waals surface area contributed by atoms with Gasteiger partial charge in [-0.05, 0) is 42.9 Å². The normalized spacial score (nSPS) is 15.9. The lowest BCUT2D eigenvalue weighted by Gasteiger charge is -2.23. The van der Waals surface area contributed by atoms with Gasteiger partial charge in [0.05, 0.1) is 24.4 Å². The first-order chi connectivity index (χ1) is 15.2. The molecular formula is C22H25BN6OS. The third-order valence-corrected chi connectivity index (χ3v) is 6.27. The Morgan fingerprint density at radius 3 is 2.94 bits per heavy atom. The zero-order chi connectivity index (χ0) is 21.8. The Hall–Kier alpha value is -3.12. The number of aryl methyl sites for hydroxylation is 1. The van der Waals surface area contributed by atoms with Crippen LogP contribution in [0.1, 0.15) is 44.0 Å². The van der Waals surface area contributed by atoms with Crippen LogP contribution in [-0.2, 0) is 0 Å². The maximum absolute atomic E-state index is 9.40. The first-order valence-electron chi connectivity index (χ1n) is 10.7. The molecule has 0 spiro atoms. The van der Waals surface area contributed by atoms with Crippen LogP contribution in [0.5, 0.6) is 0 Å². The lowest BCUT2D eigenvalue weighted by atomic mass is 9.41. The topological polar surface area (TPSA) is 92.0 Å². The molecule has 158 valence electrons. The highest BCUT2D eigenvalue weighted by atomic mass is 32.1. The van der Waals surface area contributed by atoms with Crippen molar-refractivity contribution in [1.82, 2.24) is 19.0 Å². The van der Waals surface area contributed by atoms with Crippen molar-refractivity contribution < 1.29 is 4.42 Å². The summed E-state index contributed by atoms with van der Waals surface area (Å²) in [7, 11) is 0. The van der Waals surface area contributed by atoms with Crippen LogP contribution >= 0.6 is 11.5 Å². The fraction of sp³-hybridized carbons (Fsp3) is 0.364. The van der Waals surface area contributed by atoms with Gasteiger partial charge in [0, 0.05) is 28.9 Å². The molecule has 4 aromatic rings. The smallest absolute Gasteiger partial charge is 0.268 e. The Labute approximate surface area is 186 Å². The second-order valence-electron chi connectivity index (χ2n) is 7.52. The number of furan rings is 1. The Bertz CT molecular complexity index is 1190. The molecule has 0 saturated carbocycles. The summed E-state index contributed by atoms with van der Waals surface area (Å²) in [6, 6.07) is 6.00. The van der Waals surface area contributed by atoms with Crippen LogP contribution in [0.2, 0.25) is 12.6 Å². The van der Waals surface area contributed by atoms with Gasteiger partial charge in [0.2, 0.25) is 0 Å². The van der Waals surface area contributed by atoms with E-state index in [1.165, 1.54) is 11.5 Å². The third-order valence-electron chi connectivity index (χ3n) is 5.48. The van der Waals surface area contributed by atoms with Crippen LogP contribution in [0.25, 0.3) is 16.8 Å². The summed E-state index contributed by atoms with van der Waals surface area (Å²) in [5, 5.41) is 18.4. The number of rotatable bonds is 4. The number of nitriles is 1. The predicted molar refractivity (Wildman–Crippen MR) is 125 cm³/mol. The summed E-state index contributed by atoms with van der Waals surface area (Å²) in [6.07, 6.45) is 9.12. The van der Waals surface area contributed by atoms with E-state index in [9.17, 15) is 5.26 Å². The van der Waals surface area contributed by atoms with E-state index < -0.39 is 0 Å². The van der Waals surface area contributed by atoms with Crippen LogP contribution in [0.3, 0.4) is 0 Å². The lowest BCUT2D eigenvalue weighted by Crippen LogP contribution is -2.21. The molecule has 1 unspecified atom stereocenters. The molecule has 0 aliphatic carbocycles. The molecule has 5 rings (SSSR count). The lowest BCUT2D eigenvalue weighted by molar-refractivity contribution is 0.568. The number of hydrogen-bond acceptors (Lipinski definition) is 7. The van der Waals surface area contributed by atoms with Gasteiger partial charge in [-0.1, -0.05) is 32.9 Å². The van der Waals surface area contributed by atoms with E-state index in [4.69, 9.17) is 9.40 Å². The molecule has 0 radical (unpaired) electrons. The van der Waals surface area contributed by atoms with Gasteiger partial charge in [0.1, 0.15) is 10.8 Å². The van der Waals surface area contributed by atoms with E-state index in [1.54, 1.807) is 12.5 Å². The van der Waals surface area contributed by atoms with Gasteiger partial charge < -0.3 is 9.73 Å². The van der Waals surface area contributed by atoms with E-state index in [1.807, 2.05) is 43.6 Å². The number of aromatic nitrogens is 4. The molecular weight excluding hydrogens is 407 g/mol. The average Bonchev–Trinajstić information content (AvgIpc) is 3.56. The SMILES string of the molecule is CC.Cc1cc(Nc2cc(C3CCCB(C#N)C3)nc3c(-c4ccoc4)cnn23)sn1. The van der Waals surface area contributed by atoms with Gasteiger partial charge >= 0.3 is 0 Å². The molecule has 7 nitrogen and oxygen atoms in total. The van der Waals surface area contributed by atoms with E-state index in [-0.39, 0.29) is 12.6 Å². The fourth-order valence-electron chi connectivity index (χ4n) is 4.03. The van der Waals surface area contributed by atoms with Gasteiger partial charge in [0.15, 0.2) is 5.65 Å². The summed E-state index contributed by atoms with van der Waals surface area (Å²) >= 11 is 1.42. The van der Waals surface area contributed by atoms with Crippen LogP contribution in [0.4, 0.5) is 10.8 Å². The molecule has 31 heavy (non-hydrogen) atoms. The molecule has 5 heterocycles. The highest BCUT2D eigenvalue weighted by Crippen LogP contribution is 2.36. The minimum Gasteiger partial charge on any atom is -0.472 e. The van der Waals surface area contributed by atoms with Crippen molar-refractivity contribution in [3.05, 3.63) is 48.3 Å². The van der Waals surface area contributed by atoms with Crippen molar-refractivity contribution in [2.45, 2.75) is 52.2 Å². The number of hydrogen-bond donors (Lipinski definition) is 1. The van der Waals surface area contributed by atoms with Crippen LogP contribution in [-0.4, -0.2) is 25.7 Å². The monoisotopic (exact) mass is 432 g/mol. The van der Waals surface area contributed by atoms with Gasteiger partial charge in [-0.3, -0.25) is 0 Å². The number of nitrogens with zero attached hydrogens (tertiary/aromatic N) is 5. The second kappa shape index (κ2) is 9.35. The zero-order valence-electron chi connectivity index (χ0n) is 18.0. The number of nitrogens with one attached hydrogen (secondary N) is 1. The maximum atomic E-state index is 9.40. The zero-order valence-corrected chi connectivity index (χ0v) is 18.8. The molecule has 1 saturated heterocycles. The predicted octanol–water partition coefficient (Wildman–Crippen LogP) is 5.96. The van der Waals surface area contributed by atoms with Gasteiger partial charge in [-0.25, -0.2) is 10.2 Å². The summed E-state index contributed by atoms with van der Waals surface area (Å²) in [4.78, 5) is 4.99. The Morgan fingerprint density at radius 1 is 1.35 bits per heavy atom. The van der Waals surface area contributed by atoms with Crippen molar-refractivity contribution in [2.75, 3.05) is 5.32 Å². The van der Waals surface area contributed by atoms with Crippen molar-refractivity contribution >= 4 is 34.7 Å². The molecule has 0 bridgehead atoms. The van der Waals surface area contributed by atoms with E-state index >= 15 is 0 Å². The van der Waals surface area contributed by atoms with Crippen molar-refractivity contribution in [1.29, 1.82) is 5.26 Å². The van der Waals surface area contributed by atoms with Crippen LogP contribution in [0, 0.1) is 18.2 Å². The highest BCUT2D eigenvalue weighted by Gasteiger charge is 2.28. The summed E-state index contributed by atoms with van der Waals surface area (Å²) in [5.74, 6) is 3.57. The van der Waals surface area contributed by atoms with Gasteiger partial charge in [-0.15, -0.1) is 0 Å². The van der Waals surface area contributed by atoms with Crippen LogP contribution in [0.15, 0.2) is 41.3 Å². The minimum absolute atomic E-state index is 0.102. The standard InChI is InChI=1S/C20H19BN6OS.C2H6/c1-13-7-19(29-26-13)25-18-8-17(14-3-2-5-21(9-14)12-22)24-20-16(10-23-27(18)20)15-4-6-28-11-15;1-2/h4,6-8,10-11,14,25H,2-3,5,9H2,1H3;1-2H3. The Morgan fingerprint density at radius 2 is 2.23 bits per heavy atom. The molecule has 4 aromatic heterocycles. The van der Waals surface area contributed by atoms with E-state index in [2.05, 4.69) is 26.8 Å². The fourth-order valence-corrected chi connectivity index (χ4v) is 4.69. The molecule has 1 aliphatic rings. The molecule has 9 heteroatoms. The third kappa shape index (κ3) is 4.35. The molecule has 0 aromatic carbocycles.